The maximum atomic E-state index is 13.3. The first kappa shape index (κ1) is 19.0. The highest BCUT2D eigenvalue weighted by atomic mass is 16.2. The zero-order valence-corrected chi connectivity index (χ0v) is 16.3. The SMILES string of the molecule is CC(C)C(=O)N1C(=O)c2ccccc2N(CCCN(C)C)c2ncccc21. The number of imide groups is 1. The van der Waals surface area contributed by atoms with Crippen LogP contribution in [0.2, 0.25) is 0 Å². The molecule has 2 heterocycles. The van der Waals surface area contributed by atoms with Crippen molar-refractivity contribution in [2.75, 3.05) is 37.0 Å². The third-order valence-electron chi connectivity index (χ3n) is 4.59. The van der Waals surface area contributed by atoms with Crippen molar-refractivity contribution in [3.05, 3.63) is 48.2 Å². The van der Waals surface area contributed by atoms with Crippen LogP contribution in [0.25, 0.3) is 0 Å². The van der Waals surface area contributed by atoms with E-state index in [1.54, 1.807) is 38.2 Å². The Labute approximate surface area is 160 Å². The molecule has 0 radical (unpaired) electrons. The second kappa shape index (κ2) is 7.88. The van der Waals surface area contributed by atoms with Crippen molar-refractivity contribution in [3.8, 4) is 0 Å². The summed E-state index contributed by atoms with van der Waals surface area (Å²) in [4.78, 5) is 36.2. The number of hydrogen-bond acceptors (Lipinski definition) is 5. The zero-order chi connectivity index (χ0) is 19.6. The number of anilines is 3. The van der Waals surface area contributed by atoms with Crippen molar-refractivity contribution < 1.29 is 9.59 Å². The van der Waals surface area contributed by atoms with Crippen molar-refractivity contribution in [1.82, 2.24) is 9.88 Å². The molecule has 27 heavy (non-hydrogen) atoms. The van der Waals surface area contributed by atoms with E-state index in [0.29, 0.717) is 23.6 Å². The summed E-state index contributed by atoms with van der Waals surface area (Å²) in [5.74, 6) is -0.175. The Morgan fingerprint density at radius 3 is 2.52 bits per heavy atom. The molecule has 1 aliphatic rings. The fraction of sp³-hybridized carbons (Fsp3) is 0.381. The number of nitrogens with zero attached hydrogens (tertiary/aromatic N) is 4. The zero-order valence-electron chi connectivity index (χ0n) is 16.3. The maximum absolute atomic E-state index is 13.3. The van der Waals surface area contributed by atoms with E-state index >= 15 is 0 Å². The summed E-state index contributed by atoms with van der Waals surface area (Å²) in [7, 11) is 4.07. The Hall–Kier alpha value is -2.73. The molecule has 142 valence electrons. The van der Waals surface area contributed by atoms with Crippen LogP contribution in [-0.2, 0) is 4.79 Å². The minimum Gasteiger partial charge on any atom is -0.324 e. The summed E-state index contributed by atoms with van der Waals surface area (Å²) in [5, 5.41) is 0. The lowest BCUT2D eigenvalue weighted by Crippen LogP contribution is -2.39. The Bertz CT molecular complexity index is 848. The van der Waals surface area contributed by atoms with Gasteiger partial charge in [-0.1, -0.05) is 26.0 Å². The molecule has 0 saturated heterocycles. The number of carbonyl (C=O) groups excluding carboxylic acids is 2. The van der Waals surface area contributed by atoms with Gasteiger partial charge in [-0.25, -0.2) is 9.88 Å². The lowest BCUT2D eigenvalue weighted by Gasteiger charge is -2.26. The van der Waals surface area contributed by atoms with Gasteiger partial charge >= 0.3 is 0 Å². The molecule has 3 rings (SSSR count). The van der Waals surface area contributed by atoms with Crippen LogP contribution < -0.4 is 9.80 Å². The van der Waals surface area contributed by atoms with E-state index in [0.717, 1.165) is 18.7 Å². The molecule has 0 spiro atoms. The molecule has 0 aliphatic carbocycles. The van der Waals surface area contributed by atoms with Crippen molar-refractivity contribution in [2.45, 2.75) is 20.3 Å². The van der Waals surface area contributed by atoms with Crippen LogP contribution in [0.3, 0.4) is 0 Å². The summed E-state index contributed by atoms with van der Waals surface area (Å²) in [6, 6.07) is 11.0. The molecule has 0 bridgehead atoms. The van der Waals surface area contributed by atoms with Crippen molar-refractivity contribution >= 4 is 29.0 Å². The predicted molar refractivity (Wildman–Crippen MR) is 108 cm³/mol. The van der Waals surface area contributed by atoms with E-state index in [9.17, 15) is 9.59 Å². The molecule has 6 heteroatoms. The molecule has 0 fully saturated rings. The second-order valence-electron chi connectivity index (χ2n) is 7.31. The summed E-state index contributed by atoms with van der Waals surface area (Å²) in [6.07, 6.45) is 2.61. The average molecular weight is 366 g/mol. The molecular weight excluding hydrogens is 340 g/mol. The monoisotopic (exact) mass is 366 g/mol. The lowest BCUT2D eigenvalue weighted by molar-refractivity contribution is -0.120. The maximum Gasteiger partial charge on any atom is 0.267 e. The van der Waals surface area contributed by atoms with Gasteiger partial charge in [-0.2, -0.15) is 0 Å². The molecule has 6 nitrogen and oxygen atoms in total. The quantitative estimate of drug-likeness (QED) is 0.813. The first-order valence-corrected chi connectivity index (χ1v) is 9.26. The van der Waals surface area contributed by atoms with Gasteiger partial charge in [-0.05, 0) is 51.3 Å². The fourth-order valence-electron chi connectivity index (χ4n) is 3.25. The largest absolute Gasteiger partial charge is 0.324 e. The van der Waals surface area contributed by atoms with Gasteiger partial charge in [0.1, 0.15) is 0 Å². The first-order chi connectivity index (χ1) is 12.9. The standard InChI is InChI=1S/C21H26N4O2/c1-15(2)20(26)25-18-11-7-12-22-19(18)24(14-8-13-23(3)4)17-10-6-5-9-16(17)21(25)27/h5-7,9-12,15H,8,13-14H2,1-4H3. The number of fused-ring (bicyclic) bond motifs is 2. The highest BCUT2D eigenvalue weighted by Crippen LogP contribution is 2.39. The normalized spacial score (nSPS) is 13.6. The van der Waals surface area contributed by atoms with E-state index in [1.807, 2.05) is 32.3 Å². The number of benzene rings is 1. The number of aromatic nitrogens is 1. The molecule has 2 amide bonds. The predicted octanol–water partition coefficient (Wildman–Crippen LogP) is 3.31. The first-order valence-electron chi connectivity index (χ1n) is 9.26. The molecule has 2 aromatic rings. The van der Waals surface area contributed by atoms with E-state index in [1.165, 1.54) is 4.90 Å². The van der Waals surface area contributed by atoms with E-state index < -0.39 is 0 Å². The van der Waals surface area contributed by atoms with E-state index in [2.05, 4.69) is 14.8 Å². The summed E-state index contributed by atoms with van der Waals surface area (Å²) in [5.41, 5.74) is 1.86. The number of rotatable bonds is 5. The van der Waals surface area contributed by atoms with Crippen LogP contribution in [0.15, 0.2) is 42.6 Å². The smallest absolute Gasteiger partial charge is 0.267 e. The Balaban J connectivity index is 2.15. The molecule has 0 atom stereocenters. The van der Waals surface area contributed by atoms with Gasteiger partial charge in [0.15, 0.2) is 5.82 Å². The third kappa shape index (κ3) is 3.71. The number of amides is 2. The minimum absolute atomic E-state index is 0.223. The molecule has 0 saturated carbocycles. The molecule has 1 aromatic heterocycles. The summed E-state index contributed by atoms with van der Waals surface area (Å²) < 4.78 is 0. The Kier molecular flexibility index (Phi) is 5.56. The molecule has 1 aliphatic heterocycles. The second-order valence-corrected chi connectivity index (χ2v) is 7.31. The van der Waals surface area contributed by atoms with E-state index in [4.69, 9.17) is 0 Å². The van der Waals surface area contributed by atoms with Crippen molar-refractivity contribution in [2.24, 2.45) is 5.92 Å². The highest BCUT2D eigenvalue weighted by molar-refractivity contribution is 6.25. The minimum atomic E-state index is -0.298. The lowest BCUT2D eigenvalue weighted by atomic mass is 10.1. The summed E-state index contributed by atoms with van der Waals surface area (Å²) in [6.45, 7) is 5.23. The van der Waals surface area contributed by atoms with Gasteiger partial charge < -0.3 is 9.80 Å². The van der Waals surface area contributed by atoms with Crippen LogP contribution in [-0.4, -0.2) is 48.9 Å². The van der Waals surface area contributed by atoms with Crippen LogP contribution in [0.4, 0.5) is 17.2 Å². The van der Waals surface area contributed by atoms with Crippen LogP contribution in [0, 0.1) is 5.92 Å². The van der Waals surface area contributed by atoms with Gasteiger partial charge in [-0.3, -0.25) is 9.59 Å². The van der Waals surface area contributed by atoms with E-state index in [-0.39, 0.29) is 17.7 Å². The molecule has 0 unspecified atom stereocenters. The van der Waals surface area contributed by atoms with Gasteiger partial charge in [0.2, 0.25) is 5.91 Å². The van der Waals surface area contributed by atoms with Crippen molar-refractivity contribution in [1.29, 1.82) is 0 Å². The average Bonchev–Trinajstić information content (AvgIpc) is 2.75. The van der Waals surface area contributed by atoms with Crippen molar-refractivity contribution in [3.63, 3.8) is 0 Å². The third-order valence-corrected chi connectivity index (χ3v) is 4.59. The van der Waals surface area contributed by atoms with Gasteiger partial charge in [0.25, 0.3) is 5.91 Å². The van der Waals surface area contributed by atoms with Gasteiger partial charge in [0.05, 0.1) is 16.9 Å². The topological polar surface area (TPSA) is 56.8 Å². The Morgan fingerprint density at radius 1 is 1.11 bits per heavy atom. The molecular formula is C21H26N4O2. The molecule has 1 aromatic carbocycles. The highest BCUT2D eigenvalue weighted by Gasteiger charge is 2.35. The number of hydrogen-bond donors (Lipinski definition) is 0. The number of para-hydroxylation sites is 1. The van der Waals surface area contributed by atoms with Gasteiger partial charge in [-0.15, -0.1) is 0 Å². The summed E-state index contributed by atoms with van der Waals surface area (Å²) >= 11 is 0. The van der Waals surface area contributed by atoms with Crippen LogP contribution in [0.5, 0.6) is 0 Å². The number of pyridine rings is 1. The number of carbonyl (C=O) groups is 2. The fourth-order valence-corrected chi connectivity index (χ4v) is 3.25. The Morgan fingerprint density at radius 2 is 1.81 bits per heavy atom. The van der Waals surface area contributed by atoms with Crippen LogP contribution in [0.1, 0.15) is 30.6 Å². The molecule has 0 N–H and O–H groups in total. The van der Waals surface area contributed by atoms with Gasteiger partial charge in [0, 0.05) is 18.7 Å². The van der Waals surface area contributed by atoms with Crippen LogP contribution >= 0.6 is 0 Å².